The van der Waals surface area contributed by atoms with Crippen LogP contribution in [0, 0.1) is 11.8 Å². The maximum Gasteiger partial charge on any atom is 0.0829 e. The van der Waals surface area contributed by atoms with Crippen LogP contribution >= 0.6 is 0 Å². The molecule has 1 unspecified atom stereocenters. The number of nitrogens with two attached hydrogens (primary N) is 1. The van der Waals surface area contributed by atoms with E-state index >= 15 is 0 Å². The van der Waals surface area contributed by atoms with Crippen molar-refractivity contribution < 1.29 is 4.74 Å². The number of rotatable bonds is 6. The molecule has 0 aromatic heterocycles. The monoisotopic (exact) mass is 241 g/mol. The van der Waals surface area contributed by atoms with Crippen LogP contribution in [0.5, 0.6) is 0 Å². The van der Waals surface area contributed by atoms with Crippen LogP contribution < -0.4 is 5.73 Å². The van der Waals surface area contributed by atoms with Crippen molar-refractivity contribution >= 4 is 0 Å². The second-order valence-corrected chi connectivity index (χ2v) is 5.75. The molecule has 0 aromatic rings. The third-order valence-electron chi connectivity index (χ3n) is 4.80. The Morgan fingerprint density at radius 2 is 1.65 bits per heavy atom. The number of ether oxygens (including phenoxy) is 1. The molecule has 17 heavy (non-hydrogen) atoms. The van der Waals surface area contributed by atoms with Crippen molar-refractivity contribution in [3.05, 3.63) is 0 Å². The smallest absolute Gasteiger partial charge is 0.0829 e. The van der Waals surface area contributed by atoms with Crippen molar-refractivity contribution in [2.24, 2.45) is 17.6 Å². The number of hydrogen-bond donors (Lipinski definition) is 1. The van der Waals surface area contributed by atoms with Gasteiger partial charge in [0, 0.05) is 12.6 Å². The van der Waals surface area contributed by atoms with Crippen LogP contribution in [-0.2, 0) is 4.74 Å². The zero-order valence-electron chi connectivity index (χ0n) is 12.2. The molecule has 1 atom stereocenters. The zero-order valence-corrected chi connectivity index (χ0v) is 12.2. The van der Waals surface area contributed by atoms with Crippen molar-refractivity contribution in [2.75, 3.05) is 6.61 Å². The highest BCUT2D eigenvalue weighted by Gasteiger charge is 2.39. The molecule has 2 heteroatoms. The van der Waals surface area contributed by atoms with Gasteiger partial charge in [-0.1, -0.05) is 33.6 Å². The van der Waals surface area contributed by atoms with Crippen molar-refractivity contribution in [1.82, 2.24) is 0 Å². The van der Waals surface area contributed by atoms with Crippen LogP contribution in [0.25, 0.3) is 0 Å². The summed E-state index contributed by atoms with van der Waals surface area (Å²) in [5, 5.41) is 0. The summed E-state index contributed by atoms with van der Waals surface area (Å²) < 4.78 is 6.04. The highest BCUT2D eigenvalue weighted by atomic mass is 16.5. The van der Waals surface area contributed by atoms with Crippen LogP contribution in [0.4, 0.5) is 0 Å². The van der Waals surface area contributed by atoms with Gasteiger partial charge >= 0.3 is 0 Å². The topological polar surface area (TPSA) is 35.2 Å². The van der Waals surface area contributed by atoms with E-state index in [4.69, 9.17) is 10.5 Å². The standard InChI is InChI=1S/C15H31NO/c1-5-15(6-2,17-7-3)14(16)13-10-8-12(4)9-11-13/h12-14H,5-11,16H2,1-4H3. The van der Waals surface area contributed by atoms with E-state index in [2.05, 4.69) is 27.7 Å². The number of hydrogen-bond acceptors (Lipinski definition) is 2. The maximum absolute atomic E-state index is 6.56. The minimum absolute atomic E-state index is 0.0833. The summed E-state index contributed by atoms with van der Waals surface area (Å²) in [5.74, 6) is 1.56. The summed E-state index contributed by atoms with van der Waals surface area (Å²) in [6.07, 6.45) is 7.32. The SMILES string of the molecule is CCOC(CC)(CC)C(N)C1CCC(C)CC1. The molecule has 1 aliphatic rings. The molecule has 0 radical (unpaired) electrons. The predicted molar refractivity (Wildman–Crippen MR) is 74.0 cm³/mol. The fourth-order valence-corrected chi connectivity index (χ4v) is 3.38. The van der Waals surface area contributed by atoms with Gasteiger partial charge in [0.2, 0.25) is 0 Å². The summed E-state index contributed by atoms with van der Waals surface area (Å²) in [6, 6.07) is 0.213. The van der Waals surface area contributed by atoms with E-state index < -0.39 is 0 Å². The molecule has 2 N–H and O–H groups in total. The summed E-state index contributed by atoms with van der Waals surface area (Å²) in [5.41, 5.74) is 6.47. The van der Waals surface area contributed by atoms with Gasteiger partial charge in [0.15, 0.2) is 0 Å². The first-order valence-corrected chi connectivity index (χ1v) is 7.49. The van der Waals surface area contributed by atoms with Crippen LogP contribution in [0.1, 0.15) is 66.2 Å². The Kier molecular flexibility index (Phi) is 5.94. The molecule has 1 aliphatic carbocycles. The van der Waals surface area contributed by atoms with E-state index in [1.807, 2.05) is 0 Å². The van der Waals surface area contributed by atoms with E-state index in [0.717, 1.165) is 25.4 Å². The van der Waals surface area contributed by atoms with Gasteiger partial charge in [-0.05, 0) is 44.4 Å². The Balaban J connectivity index is 2.66. The third-order valence-corrected chi connectivity index (χ3v) is 4.80. The van der Waals surface area contributed by atoms with Crippen LogP contribution in [0.3, 0.4) is 0 Å². The van der Waals surface area contributed by atoms with Crippen LogP contribution in [-0.4, -0.2) is 18.2 Å². The van der Waals surface area contributed by atoms with Gasteiger partial charge in [0.1, 0.15) is 0 Å². The molecular weight excluding hydrogens is 210 g/mol. The van der Waals surface area contributed by atoms with E-state index in [1.54, 1.807) is 0 Å². The Morgan fingerprint density at radius 1 is 1.12 bits per heavy atom. The molecule has 0 amide bonds. The molecule has 1 rings (SSSR count). The molecule has 102 valence electrons. The first kappa shape index (κ1) is 15.0. The average Bonchev–Trinajstić information content (AvgIpc) is 2.36. The highest BCUT2D eigenvalue weighted by Crippen LogP contribution is 2.36. The molecule has 1 saturated carbocycles. The van der Waals surface area contributed by atoms with Crippen molar-refractivity contribution in [2.45, 2.75) is 77.9 Å². The molecule has 2 nitrogen and oxygen atoms in total. The van der Waals surface area contributed by atoms with E-state index in [1.165, 1.54) is 25.7 Å². The minimum Gasteiger partial charge on any atom is -0.374 e. The van der Waals surface area contributed by atoms with E-state index in [-0.39, 0.29) is 11.6 Å². The summed E-state index contributed by atoms with van der Waals surface area (Å²) in [7, 11) is 0. The lowest BCUT2D eigenvalue weighted by molar-refractivity contribution is -0.0799. The van der Waals surface area contributed by atoms with E-state index in [9.17, 15) is 0 Å². The molecule has 0 aromatic carbocycles. The highest BCUT2D eigenvalue weighted by molar-refractivity contribution is 4.94. The molecular formula is C15H31NO. The van der Waals surface area contributed by atoms with Gasteiger partial charge in [0.25, 0.3) is 0 Å². The van der Waals surface area contributed by atoms with E-state index in [0.29, 0.717) is 5.92 Å². The Labute approximate surface area is 107 Å². The van der Waals surface area contributed by atoms with Gasteiger partial charge < -0.3 is 10.5 Å². The van der Waals surface area contributed by atoms with Gasteiger partial charge in [-0.15, -0.1) is 0 Å². The quantitative estimate of drug-likeness (QED) is 0.769. The first-order chi connectivity index (χ1) is 8.09. The summed E-state index contributed by atoms with van der Waals surface area (Å²) in [4.78, 5) is 0. The maximum atomic E-state index is 6.56. The molecule has 0 heterocycles. The molecule has 0 bridgehead atoms. The lowest BCUT2D eigenvalue weighted by Crippen LogP contribution is -2.54. The first-order valence-electron chi connectivity index (χ1n) is 7.49. The Morgan fingerprint density at radius 3 is 2.06 bits per heavy atom. The van der Waals surface area contributed by atoms with Crippen LogP contribution in [0.15, 0.2) is 0 Å². The second kappa shape index (κ2) is 6.75. The average molecular weight is 241 g/mol. The lowest BCUT2D eigenvalue weighted by atomic mass is 9.72. The zero-order chi connectivity index (χ0) is 12.9. The van der Waals surface area contributed by atoms with Gasteiger partial charge in [0.05, 0.1) is 5.60 Å². The Hall–Kier alpha value is -0.0800. The second-order valence-electron chi connectivity index (χ2n) is 5.75. The summed E-state index contributed by atoms with van der Waals surface area (Å²) >= 11 is 0. The normalized spacial score (nSPS) is 28.1. The fraction of sp³-hybridized carbons (Fsp3) is 1.00. The third kappa shape index (κ3) is 3.45. The van der Waals surface area contributed by atoms with Crippen molar-refractivity contribution in [1.29, 1.82) is 0 Å². The lowest BCUT2D eigenvalue weighted by Gasteiger charge is -2.43. The molecule has 0 saturated heterocycles. The van der Waals surface area contributed by atoms with Crippen molar-refractivity contribution in [3.63, 3.8) is 0 Å². The minimum atomic E-state index is -0.0833. The summed E-state index contributed by atoms with van der Waals surface area (Å²) in [6.45, 7) is 9.64. The van der Waals surface area contributed by atoms with Crippen molar-refractivity contribution in [3.8, 4) is 0 Å². The van der Waals surface area contributed by atoms with Gasteiger partial charge in [-0.2, -0.15) is 0 Å². The van der Waals surface area contributed by atoms with Crippen LogP contribution in [0.2, 0.25) is 0 Å². The largest absolute Gasteiger partial charge is 0.374 e. The molecule has 0 spiro atoms. The van der Waals surface area contributed by atoms with Gasteiger partial charge in [-0.25, -0.2) is 0 Å². The molecule has 0 aliphatic heterocycles. The Bertz CT molecular complexity index is 205. The molecule has 1 fully saturated rings. The predicted octanol–water partition coefficient (Wildman–Crippen LogP) is 3.74. The van der Waals surface area contributed by atoms with Gasteiger partial charge in [-0.3, -0.25) is 0 Å². The fourth-order valence-electron chi connectivity index (χ4n) is 3.38.